The molecule has 1 aromatic carbocycles. The minimum atomic E-state index is -0.285. The summed E-state index contributed by atoms with van der Waals surface area (Å²) >= 11 is 1.55. The van der Waals surface area contributed by atoms with Gasteiger partial charge in [0.05, 0.1) is 0 Å². The Kier molecular flexibility index (Phi) is 3.57. The number of amides is 1. The van der Waals surface area contributed by atoms with Crippen LogP contribution in [0.2, 0.25) is 0 Å². The Bertz CT molecular complexity index is 864. The second-order valence-electron chi connectivity index (χ2n) is 5.72. The molecule has 0 bridgehead atoms. The van der Waals surface area contributed by atoms with Gasteiger partial charge in [0.25, 0.3) is 0 Å². The quantitative estimate of drug-likeness (QED) is 0.681. The Balaban J connectivity index is 1.71. The molecule has 0 atom stereocenters. The fourth-order valence-corrected chi connectivity index (χ4v) is 3.68. The van der Waals surface area contributed by atoms with Crippen LogP contribution in [0.25, 0.3) is 22.3 Å². The first-order chi connectivity index (χ1) is 11.2. The summed E-state index contributed by atoms with van der Waals surface area (Å²) in [6.07, 6.45) is 4.64. The van der Waals surface area contributed by atoms with Crippen molar-refractivity contribution in [2.75, 3.05) is 5.75 Å². The number of primary amides is 1. The highest BCUT2D eigenvalue weighted by molar-refractivity contribution is 7.99. The van der Waals surface area contributed by atoms with E-state index < -0.39 is 0 Å². The van der Waals surface area contributed by atoms with Gasteiger partial charge in [-0.1, -0.05) is 30.0 Å². The first-order valence-corrected chi connectivity index (χ1v) is 8.65. The summed E-state index contributed by atoms with van der Waals surface area (Å²) in [6.45, 7) is 0. The number of hydrogen-bond donors (Lipinski definition) is 2. The highest BCUT2D eigenvalue weighted by Crippen LogP contribution is 2.42. The molecule has 118 valence electrons. The minimum absolute atomic E-state index is 0.285. The number of carbonyl (C=O) groups excluding carboxylic acids is 1. The lowest BCUT2D eigenvalue weighted by atomic mass is 10.1. The lowest BCUT2D eigenvalue weighted by Crippen LogP contribution is -2.11. The van der Waals surface area contributed by atoms with Crippen molar-refractivity contribution in [2.24, 2.45) is 5.73 Å². The number of aromatic amines is 1. The number of thioether (sulfide) groups is 1. The number of H-pyrrole nitrogens is 1. The maximum atomic E-state index is 10.9. The van der Waals surface area contributed by atoms with E-state index in [9.17, 15) is 4.79 Å². The topological polar surface area (TPSA) is 89.6 Å². The van der Waals surface area contributed by atoms with Gasteiger partial charge >= 0.3 is 0 Å². The third kappa shape index (κ3) is 2.72. The van der Waals surface area contributed by atoms with Gasteiger partial charge in [-0.3, -0.25) is 9.36 Å². The summed E-state index contributed by atoms with van der Waals surface area (Å²) in [5, 5.41) is 10.8. The van der Waals surface area contributed by atoms with Crippen LogP contribution in [-0.4, -0.2) is 31.4 Å². The Hall–Kier alpha value is -2.28. The molecule has 0 radical (unpaired) electrons. The summed E-state index contributed by atoms with van der Waals surface area (Å²) in [5.74, 6) is 1.24. The third-order valence-corrected chi connectivity index (χ3v) is 4.93. The summed E-state index contributed by atoms with van der Waals surface area (Å²) in [4.78, 5) is 14.2. The maximum absolute atomic E-state index is 10.9. The van der Waals surface area contributed by atoms with Crippen LogP contribution in [0.1, 0.15) is 25.3 Å². The smallest absolute Gasteiger partial charge is 0.218 e. The van der Waals surface area contributed by atoms with Gasteiger partial charge in [-0.15, -0.1) is 10.2 Å². The first kappa shape index (κ1) is 14.3. The fraction of sp³-hybridized carbons (Fsp3) is 0.312. The first-order valence-electron chi connectivity index (χ1n) is 7.66. The number of para-hydroxylation sites is 1. The van der Waals surface area contributed by atoms with E-state index in [1.54, 1.807) is 11.8 Å². The number of fused-ring (bicyclic) bond motifs is 1. The Morgan fingerprint density at radius 3 is 2.96 bits per heavy atom. The molecular formula is C16H17N5OS. The van der Waals surface area contributed by atoms with Crippen LogP contribution in [0.4, 0.5) is 0 Å². The summed E-state index contributed by atoms with van der Waals surface area (Å²) < 4.78 is 2.21. The third-order valence-electron chi connectivity index (χ3n) is 3.99. The van der Waals surface area contributed by atoms with Gasteiger partial charge < -0.3 is 10.7 Å². The molecule has 7 heteroatoms. The van der Waals surface area contributed by atoms with E-state index in [0.717, 1.165) is 40.3 Å². The van der Waals surface area contributed by atoms with Gasteiger partial charge in [0.2, 0.25) is 5.91 Å². The van der Waals surface area contributed by atoms with Crippen molar-refractivity contribution in [3.8, 4) is 11.4 Å². The predicted molar refractivity (Wildman–Crippen MR) is 90.1 cm³/mol. The highest BCUT2D eigenvalue weighted by Gasteiger charge is 2.30. The second kappa shape index (κ2) is 5.73. The van der Waals surface area contributed by atoms with Crippen molar-refractivity contribution in [3.63, 3.8) is 0 Å². The molecule has 1 aliphatic carbocycles. The van der Waals surface area contributed by atoms with E-state index in [1.165, 1.54) is 0 Å². The van der Waals surface area contributed by atoms with E-state index in [0.29, 0.717) is 18.2 Å². The molecule has 0 unspecified atom stereocenters. The predicted octanol–water partition coefficient (Wildman–Crippen LogP) is 2.73. The van der Waals surface area contributed by atoms with Crippen LogP contribution >= 0.6 is 11.8 Å². The van der Waals surface area contributed by atoms with Crippen molar-refractivity contribution in [1.29, 1.82) is 0 Å². The van der Waals surface area contributed by atoms with Gasteiger partial charge in [0.1, 0.15) is 0 Å². The molecule has 6 nitrogen and oxygen atoms in total. The molecule has 1 amide bonds. The average molecular weight is 327 g/mol. The molecular weight excluding hydrogens is 310 g/mol. The van der Waals surface area contributed by atoms with E-state index >= 15 is 0 Å². The molecule has 2 heterocycles. The number of hydrogen-bond acceptors (Lipinski definition) is 4. The number of carbonyl (C=O) groups is 1. The van der Waals surface area contributed by atoms with Crippen molar-refractivity contribution in [2.45, 2.75) is 30.5 Å². The van der Waals surface area contributed by atoms with Crippen LogP contribution in [-0.2, 0) is 4.79 Å². The molecule has 1 aliphatic rings. The van der Waals surface area contributed by atoms with Crippen molar-refractivity contribution < 1.29 is 4.79 Å². The number of rotatable bonds is 6. The fourth-order valence-electron chi connectivity index (χ4n) is 2.72. The molecule has 4 rings (SSSR count). The van der Waals surface area contributed by atoms with Crippen molar-refractivity contribution in [1.82, 2.24) is 19.7 Å². The van der Waals surface area contributed by atoms with Crippen LogP contribution in [0.5, 0.6) is 0 Å². The molecule has 3 aromatic rings. The second-order valence-corrected chi connectivity index (χ2v) is 6.78. The zero-order valence-corrected chi connectivity index (χ0v) is 13.3. The largest absolute Gasteiger partial charge is 0.370 e. The van der Waals surface area contributed by atoms with Crippen LogP contribution in [0.15, 0.2) is 35.6 Å². The minimum Gasteiger partial charge on any atom is -0.370 e. The molecule has 3 N–H and O–H groups in total. The average Bonchev–Trinajstić information content (AvgIpc) is 3.15. The van der Waals surface area contributed by atoms with Gasteiger partial charge in [-0.25, -0.2) is 0 Å². The molecule has 0 spiro atoms. The Morgan fingerprint density at radius 2 is 2.17 bits per heavy atom. The lowest BCUT2D eigenvalue weighted by Gasteiger charge is -2.07. The van der Waals surface area contributed by atoms with Gasteiger partial charge in [0.15, 0.2) is 11.0 Å². The summed E-state index contributed by atoms with van der Waals surface area (Å²) in [5.41, 5.74) is 7.38. The Labute approximate surface area is 137 Å². The van der Waals surface area contributed by atoms with Gasteiger partial charge in [-0.05, 0) is 18.9 Å². The number of nitrogens with one attached hydrogen (secondary N) is 1. The molecule has 2 aromatic heterocycles. The van der Waals surface area contributed by atoms with E-state index in [4.69, 9.17) is 5.73 Å². The van der Waals surface area contributed by atoms with E-state index in [-0.39, 0.29) is 5.91 Å². The molecule has 0 saturated heterocycles. The van der Waals surface area contributed by atoms with Crippen molar-refractivity contribution >= 4 is 28.6 Å². The standard InChI is InChI=1S/C16H17N5OS/c17-14(22)7-8-23-16-20-19-15(21(16)10-5-6-10)12-9-18-13-4-2-1-3-11(12)13/h1-4,9-10,18H,5-8H2,(H2,17,22). The SMILES string of the molecule is NC(=O)CCSc1nnc(-c2c[nH]c3ccccc23)n1C1CC1. The molecule has 23 heavy (non-hydrogen) atoms. The van der Waals surface area contributed by atoms with Crippen LogP contribution < -0.4 is 5.73 Å². The number of aromatic nitrogens is 4. The maximum Gasteiger partial charge on any atom is 0.218 e. The zero-order chi connectivity index (χ0) is 15.8. The summed E-state index contributed by atoms with van der Waals surface area (Å²) in [6, 6.07) is 8.65. The summed E-state index contributed by atoms with van der Waals surface area (Å²) in [7, 11) is 0. The number of benzene rings is 1. The van der Waals surface area contributed by atoms with E-state index in [2.05, 4.69) is 31.9 Å². The van der Waals surface area contributed by atoms with E-state index in [1.807, 2.05) is 18.3 Å². The Morgan fingerprint density at radius 1 is 1.35 bits per heavy atom. The molecule has 1 fully saturated rings. The normalized spacial score (nSPS) is 14.4. The van der Waals surface area contributed by atoms with Gasteiger partial charge in [-0.2, -0.15) is 0 Å². The number of nitrogens with zero attached hydrogens (tertiary/aromatic N) is 3. The van der Waals surface area contributed by atoms with Crippen LogP contribution in [0.3, 0.4) is 0 Å². The lowest BCUT2D eigenvalue weighted by molar-refractivity contribution is -0.117. The zero-order valence-electron chi connectivity index (χ0n) is 12.5. The van der Waals surface area contributed by atoms with Crippen molar-refractivity contribution in [3.05, 3.63) is 30.5 Å². The highest BCUT2D eigenvalue weighted by atomic mass is 32.2. The monoisotopic (exact) mass is 327 g/mol. The molecule has 1 saturated carbocycles. The number of nitrogens with two attached hydrogens (primary N) is 1. The van der Waals surface area contributed by atoms with Crippen LogP contribution in [0, 0.1) is 0 Å². The molecule has 0 aliphatic heterocycles. The van der Waals surface area contributed by atoms with Gasteiger partial charge in [0, 0.05) is 40.9 Å².